The molecule has 2 aliphatic rings. The van der Waals surface area contributed by atoms with E-state index in [9.17, 15) is 4.79 Å². The van der Waals surface area contributed by atoms with Crippen molar-refractivity contribution in [2.24, 2.45) is 4.99 Å². The van der Waals surface area contributed by atoms with Gasteiger partial charge in [0, 0.05) is 66.4 Å². The van der Waals surface area contributed by atoms with E-state index in [4.69, 9.17) is 33.2 Å². The number of hydrogen-bond donors (Lipinski definition) is 1. The molecule has 1 N–H and O–H groups in total. The van der Waals surface area contributed by atoms with Crippen LogP contribution in [-0.2, 0) is 17.6 Å². The van der Waals surface area contributed by atoms with Gasteiger partial charge < -0.3 is 10.2 Å². The molecular weight excluding hydrogens is 455 g/mol. The Morgan fingerprint density at radius 2 is 1.85 bits per heavy atom. The number of hydrogen-bond acceptors (Lipinski definition) is 5. The standard InChI is InChI=1S/C26H24Cl2N4O/c27-20-7-5-17-14-24(33)23(13-18-3-1-2-4-22(18)28)31-26(21(17)15-20)19-6-8-25(30-16-19)32-11-9-29-10-12-32/h1-8,15-16,23,29H,9-14H2. The Hall–Kier alpha value is -2.73. The predicted molar refractivity (Wildman–Crippen MR) is 134 cm³/mol. The van der Waals surface area contributed by atoms with Gasteiger partial charge >= 0.3 is 0 Å². The van der Waals surface area contributed by atoms with Crippen LogP contribution in [0.3, 0.4) is 0 Å². The molecule has 7 heteroatoms. The molecule has 0 radical (unpaired) electrons. The van der Waals surface area contributed by atoms with Gasteiger partial charge in [-0.2, -0.15) is 0 Å². The molecule has 5 nitrogen and oxygen atoms in total. The molecule has 2 aromatic carbocycles. The fourth-order valence-electron chi connectivity index (χ4n) is 4.40. The van der Waals surface area contributed by atoms with Crippen LogP contribution in [0.5, 0.6) is 0 Å². The van der Waals surface area contributed by atoms with Gasteiger partial charge in [0.1, 0.15) is 11.9 Å². The van der Waals surface area contributed by atoms with Gasteiger partial charge in [0.25, 0.3) is 0 Å². The second-order valence-electron chi connectivity index (χ2n) is 8.38. The number of Topliss-reactive ketones (excluding diaryl/α,β-unsaturated/α-hetero) is 1. The number of carbonyl (C=O) groups excluding carboxylic acids is 1. The molecule has 5 rings (SSSR count). The van der Waals surface area contributed by atoms with Crippen LogP contribution in [-0.4, -0.2) is 48.7 Å². The maximum atomic E-state index is 13.2. The highest BCUT2D eigenvalue weighted by Gasteiger charge is 2.27. The zero-order valence-corrected chi connectivity index (χ0v) is 19.6. The van der Waals surface area contributed by atoms with Crippen LogP contribution in [0, 0.1) is 0 Å². The predicted octanol–water partition coefficient (Wildman–Crippen LogP) is 4.37. The normalized spacial score (nSPS) is 18.5. The van der Waals surface area contributed by atoms with E-state index in [1.807, 2.05) is 60.8 Å². The van der Waals surface area contributed by atoms with Crippen molar-refractivity contribution < 1.29 is 4.79 Å². The third kappa shape index (κ3) is 4.81. The van der Waals surface area contributed by atoms with Crippen LogP contribution < -0.4 is 10.2 Å². The number of pyridine rings is 1. The molecule has 1 aromatic heterocycles. The van der Waals surface area contributed by atoms with Gasteiger partial charge in [-0.15, -0.1) is 0 Å². The van der Waals surface area contributed by atoms with Gasteiger partial charge in [0.2, 0.25) is 0 Å². The molecular formula is C26H24Cl2N4O. The summed E-state index contributed by atoms with van der Waals surface area (Å²) in [6.45, 7) is 3.77. The van der Waals surface area contributed by atoms with E-state index in [0.29, 0.717) is 22.9 Å². The highest BCUT2D eigenvalue weighted by Crippen LogP contribution is 2.27. The van der Waals surface area contributed by atoms with E-state index in [2.05, 4.69) is 10.2 Å². The van der Waals surface area contributed by atoms with Gasteiger partial charge in [-0.25, -0.2) is 4.98 Å². The van der Waals surface area contributed by atoms with E-state index in [1.165, 1.54) is 0 Å². The topological polar surface area (TPSA) is 57.6 Å². The molecule has 168 valence electrons. The van der Waals surface area contributed by atoms with Crippen LogP contribution in [0.15, 0.2) is 65.8 Å². The molecule has 1 saturated heterocycles. The average molecular weight is 479 g/mol. The van der Waals surface area contributed by atoms with E-state index in [-0.39, 0.29) is 5.78 Å². The van der Waals surface area contributed by atoms with E-state index >= 15 is 0 Å². The summed E-state index contributed by atoms with van der Waals surface area (Å²) in [6.07, 6.45) is 2.61. The lowest BCUT2D eigenvalue weighted by molar-refractivity contribution is -0.119. The van der Waals surface area contributed by atoms with Crippen molar-refractivity contribution in [1.29, 1.82) is 0 Å². The average Bonchev–Trinajstić information content (AvgIpc) is 2.97. The maximum Gasteiger partial charge on any atom is 0.162 e. The Balaban J connectivity index is 1.54. The zero-order valence-electron chi connectivity index (χ0n) is 18.1. The molecule has 2 aliphatic heterocycles. The Labute approximate surface area is 203 Å². The maximum absolute atomic E-state index is 13.2. The van der Waals surface area contributed by atoms with Crippen molar-refractivity contribution in [3.05, 3.63) is 93.1 Å². The monoisotopic (exact) mass is 478 g/mol. The molecule has 1 fully saturated rings. The summed E-state index contributed by atoms with van der Waals surface area (Å²) in [6, 6.07) is 16.8. The third-order valence-corrected chi connectivity index (χ3v) is 6.79. The smallest absolute Gasteiger partial charge is 0.162 e. The quantitative estimate of drug-likeness (QED) is 0.604. The van der Waals surface area contributed by atoms with Gasteiger partial charge in [0.05, 0.1) is 5.71 Å². The number of aliphatic imine (C=N–C) groups is 1. The number of nitrogens with zero attached hydrogens (tertiary/aromatic N) is 3. The Morgan fingerprint density at radius 1 is 1.03 bits per heavy atom. The summed E-state index contributed by atoms with van der Waals surface area (Å²) < 4.78 is 0. The Bertz CT molecular complexity index is 1200. The molecule has 1 unspecified atom stereocenters. The summed E-state index contributed by atoms with van der Waals surface area (Å²) in [7, 11) is 0. The molecule has 1 atom stereocenters. The number of nitrogens with one attached hydrogen (secondary N) is 1. The molecule has 0 saturated carbocycles. The van der Waals surface area contributed by atoms with Crippen molar-refractivity contribution in [2.75, 3.05) is 31.1 Å². The molecule has 3 aromatic rings. The highest BCUT2D eigenvalue weighted by molar-refractivity contribution is 6.32. The summed E-state index contributed by atoms with van der Waals surface area (Å²) in [5.41, 5.74) is 4.34. The molecule has 3 heterocycles. The second kappa shape index (κ2) is 9.64. The molecule has 0 bridgehead atoms. The lowest BCUT2D eigenvalue weighted by Crippen LogP contribution is -2.43. The fourth-order valence-corrected chi connectivity index (χ4v) is 4.78. The van der Waals surface area contributed by atoms with Gasteiger partial charge in [-0.3, -0.25) is 9.79 Å². The summed E-state index contributed by atoms with van der Waals surface area (Å²) in [5.74, 6) is 1.02. The first-order chi connectivity index (χ1) is 16.1. The van der Waals surface area contributed by atoms with Crippen molar-refractivity contribution in [1.82, 2.24) is 10.3 Å². The molecule has 0 amide bonds. The lowest BCUT2D eigenvalue weighted by Gasteiger charge is -2.28. The second-order valence-corrected chi connectivity index (χ2v) is 9.22. The molecule has 0 spiro atoms. The van der Waals surface area contributed by atoms with Crippen LogP contribution in [0.1, 0.15) is 22.3 Å². The fraction of sp³-hybridized carbons (Fsp3) is 0.269. The summed E-state index contributed by atoms with van der Waals surface area (Å²) in [5, 5.41) is 4.62. The third-order valence-electron chi connectivity index (χ3n) is 6.18. The number of carbonyl (C=O) groups is 1. The van der Waals surface area contributed by atoms with Crippen LogP contribution in [0.25, 0.3) is 0 Å². The Kier molecular flexibility index (Phi) is 6.45. The van der Waals surface area contributed by atoms with E-state index in [0.717, 1.165) is 60.0 Å². The number of benzene rings is 2. The number of fused-ring (bicyclic) bond motifs is 1. The first-order valence-corrected chi connectivity index (χ1v) is 11.9. The number of aromatic nitrogens is 1. The van der Waals surface area contributed by atoms with Crippen molar-refractivity contribution in [3.8, 4) is 0 Å². The summed E-state index contributed by atoms with van der Waals surface area (Å²) in [4.78, 5) is 25.2. The Morgan fingerprint density at radius 3 is 2.61 bits per heavy atom. The van der Waals surface area contributed by atoms with Crippen LogP contribution in [0.2, 0.25) is 10.0 Å². The lowest BCUT2D eigenvalue weighted by atomic mass is 9.95. The molecule has 33 heavy (non-hydrogen) atoms. The van der Waals surface area contributed by atoms with E-state index < -0.39 is 6.04 Å². The minimum Gasteiger partial charge on any atom is -0.354 e. The first-order valence-electron chi connectivity index (χ1n) is 11.1. The molecule has 0 aliphatic carbocycles. The van der Waals surface area contributed by atoms with Crippen molar-refractivity contribution in [2.45, 2.75) is 18.9 Å². The summed E-state index contributed by atoms with van der Waals surface area (Å²) >= 11 is 12.7. The number of anilines is 1. The van der Waals surface area contributed by atoms with Gasteiger partial charge in [-0.05, 0) is 41.5 Å². The van der Waals surface area contributed by atoms with Crippen molar-refractivity contribution >= 4 is 40.5 Å². The number of piperazine rings is 1. The van der Waals surface area contributed by atoms with Gasteiger partial charge in [-0.1, -0.05) is 47.5 Å². The number of ketones is 1. The zero-order chi connectivity index (χ0) is 22.8. The largest absolute Gasteiger partial charge is 0.354 e. The van der Waals surface area contributed by atoms with Crippen molar-refractivity contribution in [3.63, 3.8) is 0 Å². The number of halogens is 2. The van der Waals surface area contributed by atoms with Gasteiger partial charge in [0.15, 0.2) is 5.78 Å². The minimum absolute atomic E-state index is 0.0684. The number of rotatable bonds is 4. The highest BCUT2D eigenvalue weighted by atomic mass is 35.5. The SMILES string of the molecule is O=C1Cc2ccc(Cl)cc2C(c2ccc(N3CCNCC3)nc2)=NC1Cc1ccccc1Cl. The van der Waals surface area contributed by atoms with E-state index in [1.54, 1.807) is 0 Å². The van der Waals surface area contributed by atoms with Crippen LogP contribution in [0.4, 0.5) is 5.82 Å². The first kappa shape index (κ1) is 22.1. The minimum atomic E-state index is -0.529. The van der Waals surface area contributed by atoms with Crippen LogP contribution >= 0.6 is 23.2 Å².